The number of quaternary nitrogens is 1. The second-order valence-corrected chi connectivity index (χ2v) is 1.97. The lowest BCUT2D eigenvalue weighted by molar-refractivity contribution is -0.796. The van der Waals surface area contributed by atoms with Crippen molar-refractivity contribution in [3.05, 3.63) is 0 Å². The van der Waals surface area contributed by atoms with Crippen LogP contribution in [0.15, 0.2) is 10.1 Å². The molecule has 0 radical (unpaired) electrons. The van der Waals surface area contributed by atoms with E-state index in [1.807, 2.05) is 14.1 Å². The van der Waals surface area contributed by atoms with E-state index in [1.165, 1.54) is 0 Å². The average molecular weight is 98.1 g/mol. The molecule has 1 aliphatic heterocycles. The van der Waals surface area contributed by atoms with Crippen LogP contribution in [0.25, 0.3) is 0 Å². The number of hydrogen-bond donors (Lipinski definition) is 0. The van der Waals surface area contributed by atoms with Gasteiger partial charge >= 0.3 is 0 Å². The van der Waals surface area contributed by atoms with Crippen molar-refractivity contribution in [3.63, 3.8) is 0 Å². The molecule has 1 aliphatic rings. The van der Waals surface area contributed by atoms with E-state index < -0.39 is 0 Å². The Morgan fingerprint density at radius 3 is 2.29 bits per heavy atom. The van der Waals surface area contributed by atoms with Crippen LogP contribution in [-0.2, 0) is 0 Å². The zero-order chi connectivity index (χ0) is 5.33. The number of hydrogen-bond acceptors (Lipinski definition) is 2. The Balaban J connectivity index is 2.77. The summed E-state index contributed by atoms with van der Waals surface area (Å²) in [7, 11) is 3.90. The summed E-state index contributed by atoms with van der Waals surface area (Å²) in [5, 5.41) is 3.96. The molecule has 1 rings (SSSR count). The van der Waals surface area contributed by atoms with E-state index in [1.54, 1.807) is 12.7 Å². The molecule has 3 heteroatoms. The first-order valence-corrected chi connectivity index (χ1v) is 2.13. The highest BCUT2D eigenvalue weighted by Gasteiger charge is 2.11. The number of nitrogens with zero attached hydrogens (tertiary/aromatic N) is 3. The molecule has 0 amide bonds. The largest absolute Gasteiger partial charge is 0.217 e. The third-order valence-electron chi connectivity index (χ3n) is 0.765. The summed E-state index contributed by atoms with van der Waals surface area (Å²) >= 11 is 0. The summed E-state index contributed by atoms with van der Waals surface area (Å²) in [6.07, 6.45) is 3.32. The van der Waals surface area contributed by atoms with Gasteiger partial charge in [-0.05, 0) is 0 Å². The molecule has 0 saturated carbocycles. The Bertz CT molecular complexity index is 109. The maximum atomic E-state index is 3.96. The fourth-order valence-corrected chi connectivity index (χ4v) is 0.386. The second-order valence-electron chi connectivity index (χ2n) is 1.97. The van der Waals surface area contributed by atoms with E-state index in [2.05, 4.69) is 10.1 Å². The molecule has 3 nitrogen and oxygen atoms in total. The minimum absolute atomic E-state index is 0.528. The maximum Gasteiger partial charge on any atom is 0.217 e. The molecule has 0 saturated heterocycles. The molecule has 0 aliphatic carbocycles. The summed E-state index contributed by atoms with van der Waals surface area (Å²) in [4.78, 5) is 3.79. The van der Waals surface area contributed by atoms with Gasteiger partial charge in [-0.15, -0.1) is 0 Å². The SMILES string of the molecule is C[N+]1(C)C=NC=N1. The minimum Gasteiger partial charge on any atom is -0.184 e. The number of aliphatic imine (C=N–C) groups is 1. The first kappa shape index (κ1) is 4.46. The van der Waals surface area contributed by atoms with Crippen molar-refractivity contribution in [1.82, 2.24) is 0 Å². The Morgan fingerprint density at radius 1 is 1.43 bits per heavy atom. The maximum absolute atomic E-state index is 3.96. The minimum atomic E-state index is 0.528. The van der Waals surface area contributed by atoms with Crippen LogP contribution in [0.3, 0.4) is 0 Å². The van der Waals surface area contributed by atoms with Gasteiger partial charge < -0.3 is 0 Å². The smallest absolute Gasteiger partial charge is 0.184 e. The van der Waals surface area contributed by atoms with E-state index >= 15 is 0 Å². The van der Waals surface area contributed by atoms with Crippen LogP contribution in [0.2, 0.25) is 0 Å². The summed E-state index contributed by atoms with van der Waals surface area (Å²) < 4.78 is 0.528. The van der Waals surface area contributed by atoms with Crippen LogP contribution in [-0.4, -0.2) is 31.4 Å². The highest BCUT2D eigenvalue weighted by atomic mass is 15.6. The summed E-state index contributed by atoms with van der Waals surface area (Å²) in [5.74, 6) is 0. The molecule has 0 atom stereocenters. The third kappa shape index (κ3) is 0.838. The zero-order valence-electron chi connectivity index (χ0n) is 4.50. The fraction of sp³-hybridized carbons (Fsp3) is 0.500. The van der Waals surface area contributed by atoms with Crippen LogP contribution in [0.1, 0.15) is 0 Å². The molecule has 0 N–H and O–H groups in total. The Labute approximate surface area is 42.6 Å². The van der Waals surface area contributed by atoms with Crippen molar-refractivity contribution in [2.45, 2.75) is 0 Å². The molecule has 0 spiro atoms. The van der Waals surface area contributed by atoms with Crippen LogP contribution in [0.4, 0.5) is 0 Å². The van der Waals surface area contributed by atoms with Gasteiger partial charge in [0.15, 0.2) is 6.34 Å². The lowest BCUT2D eigenvalue weighted by Crippen LogP contribution is -2.28. The number of rotatable bonds is 0. The quantitative estimate of drug-likeness (QED) is 0.382. The summed E-state index contributed by atoms with van der Waals surface area (Å²) in [5.41, 5.74) is 0. The summed E-state index contributed by atoms with van der Waals surface area (Å²) in [6, 6.07) is 0. The van der Waals surface area contributed by atoms with Crippen molar-refractivity contribution in [2.24, 2.45) is 10.1 Å². The van der Waals surface area contributed by atoms with E-state index in [-0.39, 0.29) is 0 Å². The standard InChI is InChI=1S/C4H8N3/c1-7(2)4-5-3-6-7/h3-4H,1-2H3/q+1. The summed E-state index contributed by atoms with van der Waals surface area (Å²) in [6.45, 7) is 0. The molecule has 0 aromatic heterocycles. The van der Waals surface area contributed by atoms with Crippen LogP contribution < -0.4 is 0 Å². The Morgan fingerprint density at radius 2 is 2.14 bits per heavy atom. The van der Waals surface area contributed by atoms with E-state index in [0.29, 0.717) is 4.59 Å². The lowest BCUT2D eigenvalue weighted by Gasteiger charge is -2.08. The molecular formula is C4H8N3+. The van der Waals surface area contributed by atoms with Gasteiger partial charge in [0.25, 0.3) is 0 Å². The van der Waals surface area contributed by atoms with Gasteiger partial charge in [-0.2, -0.15) is 9.58 Å². The highest BCUT2D eigenvalue weighted by molar-refractivity contribution is 5.70. The Hall–Kier alpha value is -0.700. The first-order valence-electron chi connectivity index (χ1n) is 2.13. The van der Waals surface area contributed by atoms with E-state index in [9.17, 15) is 0 Å². The molecule has 0 bridgehead atoms. The average Bonchev–Trinajstić information content (AvgIpc) is 1.84. The van der Waals surface area contributed by atoms with Crippen LogP contribution in [0.5, 0.6) is 0 Å². The molecule has 38 valence electrons. The van der Waals surface area contributed by atoms with E-state index in [4.69, 9.17) is 0 Å². The van der Waals surface area contributed by atoms with Gasteiger partial charge in [-0.1, -0.05) is 5.10 Å². The molecule has 0 unspecified atom stereocenters. The van der Waals surface area contributed by atoms with Gasteiger partial charge in [0.05, 0.1) is 14.1 Å². The molecule has 0 fully saturated rings. The lowest BCUT2D eigenvalue weighted by atomic mass is 10.9. The molecule has 7 heavy (non-hydrogen) atoms. The zero-order valence-corrected chi connectivity index (χ0v) is 4.50. The van der Waals surface area contributed by atoms with Crippen LogP contribution in [0, 0.1) is 0 Å². The van der Waals surface area contributed by atoms with Gasteiger partial charge in [-0.3, -0.25) is 0 Å². The fourth-order valence-electron chi connectivity index (χ4n) is 0.386. The van der Waals surface area contributed by atoms with Crippen molar-refractivity contribution in [1.29, 1.82) is 0 Å². The second kappa shape index (κ2) is 1.13. The van der Waals surface area contributed by atoms with Crippen LogP contribution >= 0.6 is 0 Å². The Kier molecular flexibility index (Phi) is 0.722. The normalized spacial score (nSPS) is 23.7. The van der Waals surface area contributed by atoms with Crippen molar-refractivity contribution < 1.29 is 4.59 Å². The predicted molar refractivity (Wildman–Crippen MR) is 29.1 cm³/mol. The molecule has 1 heterocycles. The monoisotopic (exact) mass is 98.1 g/mol. The van der Waals surface area contributed by atoms with Gasteiger partial charge in [-0.25, -0.2) is 0 Å². The van der Waals surface area contributed by atoms with Crippen molar-refractivity contribution in [3.8, 4) is 0 Å². The third-order valence-corrected chi connectivity index (χ3v) is 0.765. The van der Waals surface area contributed by atoms with E-state index in [0.717, 1.165) is 0 Å². The molecule has 0 aromatic carbocycles. The van der Waals surface area contributed by atoms with Crippen molar-refractivity contribution in [2.75, 3.05) is 14.1 Å². The van der Waals surface area contributed by atoms with Gasteiger partial charge in [0.2, 0.25) is 6.34 Å². The highest BCUT2D eigenvalue weighted by Crippen LogP contribution is 1.95. The van der Waals surface area contributed by atoms with Gasteiger partial charge in [0.1, 0.15) is 0 Å². The molecular weight excluding hydrogens is 90.1 g/mol. The molecule has 0 aromatic rings. The van der Waals surface area contributed by atoms with Gasteiger partial charge in [0, 0.05) is 0 Å². The topological polar surface area (TPSA) is 24.7 Å². The van der Waals surface area contributed by atoms with Crippen molar-refractivity contribution >= 4 is 12.7 Å². The predicted octanol–water partition coefficient (Wildman–Crippen LogP) is 0.0480. The first-order chi connectivity index (χ1) is 3.21.